The molecule has 160 valence electrons. The van der Waals surface area contributed by atoms with Crippen molar-refractivity contribution in [2.24, 2.45) is 10.3 Å². The maximum atomic E-state index is 14.4. The number of benzene rings is 2. The molecule has 2 aromatic carbocycles. The fraction of sp³-hybridized carbons (Fsp3) is 0.250. The van der Waals surface area contributed by atoms with E-state index in [4.69, 9.17) is 37.6 Å². The Labute approximate surface area is 183 Å². The quantitative estimate of drug-likeness (QED) is 0.460. The van der Waals surface area contributed by atoms with Crippen LogP contribution in [-0.4, -0.2) is 45.2 Å². The number of oxime groups is 2. The van der Waals surface area contributed by atoms with Crippen molar-refractivity contribution in [3.63, 3.8) is 0 Å². The molecule has 10 heteroatoms. The highest BCUT2D eigenvalue weighted by molar-refractivity contribution is 6.46. The number of rotatable bonds is 9. The summed E-state index contributed by atoms with van der Waals surface area (Å²) in [5.41, 5.74) is 1.22. The van der Waals surface area contributed by atoms with Gasteiger partial charge in [-0.3, -0.25) is 4.79 Å². The van der Waals surface area contributed by atoms with Gasteiger partial charge in [-0.25, -0.2) is 4.39 Å². The predicted octanol–water partition coefficient (Wildman–Crippen LogP) is 3.80. The maximum absolute atomic E-state index is 14.4. The topological polar surface area (TPSA) is 81.5 Å². The number of nitrogens with zero attached hydrogens (tertiary/aromatic N) is 2. The number of methoxy groups -OCH3 is 1. The van der Waals surface area contributed by atoms with E-state index in [9.17, 15) is 9.18 Å². The number of amides is 1. The van der Waals surface area contributed by atoms with Crippen LogP contribution in [0.25, 0.3) is 0 Å². The largest absolute Gasteiger partial charge is 0.398 e. The standard InChI is InChI=1S/C20H20Cl2FN3O4/c1-24-20(27)19(26-29-3)12-6-4-8-15(21)14(12)10-30-25-17(11-28-2)13-7-5-9-16(22)18(13)23/h4-9H,10-11H2,1-3H3,(H,24,27)/b25-17+,26-19+. The van der Waals surface area contributed by atoms with Crippen LogP contribution >= 0.6 is 23.2 Å². The van der Waals surface area contributed by atoms with Crippen molar-refractivity contribution >= 4 is 40.5 Å². The number of carbonyl (C=O) groups excluding carboxylic acids is 1. The summed E-state index contributed by atoms with van der Waals surface area (Å²) in [5, 5.41) is 10.5. The molecule has 0 fully saturated rings. The van der Waals surface area contributed by atoms with Gasteiger partial charge in [0.25, 0.3) is 5.91 Å². The molecule has 1 amide bonds. The molecule has 0 spiro atoms. The number of hydrogen-bond acceptors (Lipinski definition) is 6. The van der Waals surface area contributed by atoms with Crippen molar-refractivity contribution in [1.82, 2.24) is 5.32 Å². The van der Waals surface area contributed by atoms with Crippen LogP contribution in [0.5, 0.6) is 0 Å². The van der Waals surface area contributed by atoms with Gasteiger partial charge in [0.1, 0.15) is 19.4 Å². The molecule has 2 aromatic rings. The van der Waals surface area contributed by atoms with E-state index in [1.807, 2.05) is 0 Å². The van der Waals surface area contributed by atoms with Crippen LogP contribution in [0.2, 0.25) is 10.0 Å². The summed E-state index contributed by atoms with van der Waals surface area (Å²) in [6, 6.07) is 9.48. The molecule has 0 saturated carbocycles. The number of nitrogens with one attached hydrogen (secondary N) is 1. The summed E-state index contributed by atoms with van der Waals surface area (Å²) in [5.74, 6) is -1.10. The third-order valence-electron chi connectivity index (χ3n) is 3.93. The van der Waals surface area contributed by atoms with Crippen molar-refractivity contribution in [3.8, 4) is 0 Å². The molecule has 2 rings (SSSR count). The fourth-order valence-corrected chi connectivity index (χ4v) is 2.94. The van der Waals surface area contributed by atoms with Gasteiger partial charge in [0.05, 0.1) is 11.6 Å². The normalized spacial score (nSPS) is 11.9. The zero-order valence-electron chi connectivity index (χ0n) is 16.5. The minimum atomic E-state index is -0.633. The number of likely N-dealkylation sites (N-methyl/N-ethyl adjacent to an activating group) is 1. The molecule has 0 radical (unpaired) electrons. The average Bonchev–Trinajstić information content (AvgIpc) is 2.74. The Morgan fingerprint density at radius 3 is 2.37 bits per heavy atom. The number of carbonyl (C=O) groups is 1. The average molecular weight is 456 g/mol. The molecule has 0 heterocycles. The lowest BCUT2D eigenvalue weighted by Crippen LogP contribution is -2.29. The molecule has 1 N–H and O–H groups in total. The lowest BCUT2D eigenvalue weighted by atomic mass is 10.0. The summed E-state index contributed by atoms with van der Waals surface area (Å²) >= 11 is 12.1. The third-order valence-corrected chi connectivity index (χ3v) is 4.57. The van der Waals surface area contributed by atoms with Crippen molar-refractivity contribution in [3.05, 3.63) is 69.0 Å². The van der Waals surface area contributed by atoms with E-state index in [1.54, 1.807) is 24.3 Å². The molecule has 0 saturated heterocycles. The third kappa shape index (κ3) is 5.69. The Hall–Kier alpha value is -2.68. The van der Waals surface area contributed by atoms with Crippen LogP contribution in [-0.2, 0) is 25.8 Å². The van der Waals surface area contributed by atoms with Crippen LogP contribution in [0.4, 0.5) is 4.39 Å². The molecular formula is C20H20Cl2FN3O4. The second-order valence-electron chi connectivity index (χ2n) is 5.81. The first-order valence-corrected chi connectivity index (χ1v) is 9.43. The van der Waals surface area contributed by atoms with E-state index in [2.05, 4.69) is 15.6 Å². The van der Waals surface area contributed by atoms with Gasteiger partial charge in [-0.1, -0.05) is 51.7 Å². The minimum absolute atomic E-state index is 0.0126. The van der Waals surface area contributed by atoms with Crippen LogP contribution in [0.15, 0.2) is 46.7 Å². The minimum Gasteiger partial charge on any atom is -0.398 e. The first kappa shape index (κ1) is 23.6. The smallest absolute Gasteiger partial charge is 0.273 e. The van der Waals surface area contributed by atoms with Crippen LogP contribution in [0, 0.1) is 5.82 Å². The molecule has 0 unspecified atom stereocenters. The fourth-order valence-electron chi connectivity index (χ4n) is 2.54. The van der Waals surface area contributed by atoms with Gasteiger partial charge in [-0.2, -0.15) is 0 Å². The molecule has 0 aliphatic heterocycles. The monoisotopic (exact) mass is 455 g/mol. The van der Waals surface area contributed by atoms with E-state index >= 15 is 0 Å². The first-order valence-electron chi connectivity index (χ1n) is 8.67. The van der Waals surface area contributed by atoms with E-state index in [-0.39, 0.29) is 35.2 Å². The summed E-state index contributed by atoms with van der Waals surface area (Å²) in [7, 11) is 4.24. The van der Waals surface area contributed by atoms with E-state index in [1.165, 1.54) is 33.4 Å². The lowest BCUT2D eigenvalue weighted by Gasteiger charge is -2.13. The zero-order chi connectivity index (χ0) is 22.1. The molecule has 0 bridgehead atoms. The van der Waals surface area contributed by atoms with Gasteiger partial charge in [0.2, 0.25) is 0 Å². The summed E-state index contributed by atoms with van der Waals surface area (Å²) in [6.07, 6.45) is 0. The van der Waals surface area contributed by atoms with Gasteiger partial charge in [0, 0.05) is 35.9 Å². The number of ether oxygens (including phenoxy) is 1. The van der Waals surface area contributed by atoms with E-state index in [0.717, 1.165) is 0 Å². The highest BCUT2D eigenvalue weighted by atomic mass is 35.5. The Morgan fingerprint density at radius 1 is 1.07 bits per heavy atom. The van der Waals surface area contributed by atoms with Crippen LogP contribution in [0.1, 0.15) is 16.7 Å². The SMILES string of the molecule is CNC(=O)/C(=N/OC)c1cccc(Cl)c1CO/N=C(\COC)c1cccc(Cl)c1F. The number of halogens is 3. The highest BCUT2D eigenvalue weighted by Gasteiger charge is 2.20. The van der Waals surface area contributed by atoms with Crippen molar-refractivity contribution in [1.29, 1.82) is 0 Å². The van der Waals surface area contributed by atoms with E-state index in [0.29, 0.717) is 16.1 Å². The Bertz CT molecular complexity index is 967. The van der Waals surface area contributed by atoms with E-state index < -0.39 is 11.7 Å². The molecule has 0 aromatic heterocycles. The van der Waals surface area contributed by atoms with Gasteiger partial charge >= 0.3 is 0 Å². The van der Waals surface area contributed by atoms with Crippen molar-refractivity contribution < 1.29 is 23.6 Å². The summed E-state index contributed by atoms with van der Waals surface area (Å²) in [4.78, 5) is 22.4. The first-order chi connectivity index (χ1) is 14.4. The highest BCUT2D eigenvalue weighted by Crippen LogP contribution is 2.23. The van der Waals surface area contributed by atoms with Crippen LogP contribution in [0.3, 0.4) is 0 Å². The van der Waals surface area contributed by atoms with Crippen LogP contribution < -0.4 is 5.32 Å². The molecule has 7 nitrogen and oxygen atoms in total. The molecule has 0 atom stereocenters. The molecule has 0 aliphatic rings. The summed E-state index contributed by atoms with van der Waals surface area (Å²) in [6.45, 7) is -0.134. The van der Waals surface area contributed by atoms with Gasteiger partial charge in [-0.15, -0.1) is 0 Å². The van der Waals surface area contributed by atoms with Crippen molar-refractivity contribution in [2.45, 2.75) is 6.61 Å². The predicted molar refractivity (Wildman–Crippen MR) is 114 cm³/mol. The molecule has 30 heavy (non-hydrogen) atoms. The Kier molecular flexibility index (Phi) is 9.04. The second-order valence-corrected chi connectivity index (χ2v) is 6.63. The van der Waals surface area contributed by atoms with Gasteiger partial charge in [-0.05, 0) is 18.2 Å². The molecule has 0 aliphatic carbocycles. The lowest BCUT2D eigenvalue weighted by molar-refractivity contribution is -0.114. The number of hydrogen-bond donors (Lipinski definition) is 1. The van der Waals surface area contributed by atoms with Gasteiger partial charge < -0.3 is 19.7 Å². The zero-order valence-corrected chi connectivity index (χ0v) is 18.1. The van der Waals surface area contributed by atoms with Crippen molar-refractivity contribution in [2.75, 3.05) is 27.9 Å². The van der Waals surface area contributed by atoms with Gasteiger partial charge in [0.15, 0.2) is 11.5 Å². The maximum Gasteiger partial charge on any atom is 0.273 e. The molecular weight excluding hydrogens is 436 g/mol. The Balaban J connectivity index is 2.37. The summed E-state index contributed by atoms with van der Waals surface area (Å²) < 4.78 is 19.4. The Morgan fingerprint density at radius 2 is 1.73 bits per heavy atom. The second kappa shape index (κ2) is 11.5.